The van der Waals surface area contributed by atoms with E-state index in [4.69, 9.17) is 16.3 Å². The van der Waals surface area contributed by atoms with Gasteiger partial charge in [0.25, 0.3) is 0 Å². The molecule has 1 unspecified atom stereocenters. The molecule has 0 aliphatic rings. The summed E-state index contributed by atoms with van der Waals surface area (Å²) in [5, 5.41) is 6.55. The molecule has 0 aliphatic carbocycles. The number of nitrogens with one attached hydrogen (secondary N) is 2. The minimum Gasteiger partial charge on any atom is -0.495 e. The molecule has 1 rings (SSSR count). The summed E-state index contributed by atoms with van der Waals surface area (Å²) >= 11 is 5.95. The number of carbonyl (C=O) groups is 1. The summed E-state index contributed by atoms with van der Waals surface area (Å²) < 4.78 is 5.13. The van der Waals surface area contributed by atoms with Crippen LogP contribution in [0, 0.1) is 5.92 Å². The molecule has 106 valence electrons. The highest BCUT2D eigenvalue weighted by Gasteiger charge is 2.13. The fourth-order valence-corrected chi connectivity index (χ4v) is 1.72. The van der Waals surface area contributed by atoms with Crippen molar-refractivity contribution in [1.82, 2.24) is 5.32 Å². The highest BCUT2D eigenvalue weighted by Crippen LogP contribution is 2.27. The van der Waals surface area contributed by atoms with E-state index in [2.05, 4.69) is 24.5 Å². The van der Waals surface area contributed by atoms with Crippen molar-refractivity contribution in [3.8, 4) is 5.75 Å². The molecule has 1 atom stereocenters. The van der Waals surface area contributed by atoms with Gasteiger partial charge in [-0.1, -0.05) is 25.4 Å². The Morgan fingerprint density at radius 2 is 2.05 bits per heavy atom. The standard InChI is InChI=1S/C14H21ClN2O2/c1-9(2)8-16-14(18)10(3)17-11-5-6-12(15)13(7-11)19-4/h5-7,9-10,17H,8H2,1-4H3,(H,16,18). The molecule has 1 aromatic carbocycles. The van der Waals surface area contributed by atoms with Crippen LogP contribution in [0.2, 0.25) is 5.02 Å². The molecule has 19 heavy (non-hydrogen) atoms. The number of hydrogen-bond donors (Lipinski definition) is 2. The van der Waals surface area contributed by atoms with Gasteiger partial charge in [-0.2, -0.15) is 0 Å². The lowest BCUT2D eigenvalue weighted by atomic mass is 10.2. The van der Waals surface area contributed by atoms with Gasteiger partial charge in [-0.15, -0.1) is 0 Å². The van der Waals surface area contributed by atoms with E-state index in [9.17, 15) is 4.79 Å². The van der Waals surface area contributed by atoms with Crippen LogP contribution in [-0.4, -0.2) is 25.6 Å². The van der Waals surface area contributed by atoms with Crippen LogP contribution in [0.3, 0.4) is 0 Å². The number of anilines is 1. The van der Waals surface area contributed by atoms with Crippen LogP contribution in [0.1, 0.15) is 20.8 Å². The van der Waals surface area contributed by atoms with Gasteiger partial charge in [-0.05, 0) is 25.0 Å². The highest BCUT2D eigenvalue weighted by atomic mass is 35.5. The summed E-state index contributed by atoms with van der Waals surface area (Å²) in [6, 6.07) is 5.01. The zero-order valence-electron chi connectivity index (χ0n) is 11.8. The Kier molecular flexibility index (Phi) is 5.96. The molecular weight excluding hydrogens is 264 g/mol. The SMILES string of the molecule is COc1cc(NC(C)C(=O)NCC(C)C)ccc1Cl. The number of amides is 1. The smallest absolute Gasteiger partial charge is 0.242 e. The highest BCUT2D eigenvalue weighted by molar-refractivity contribution is 6.32. The Bertz CT molecular complexity index is 435. The van der Waals surface area contributed by atoms with Gasteiger partial charge >= 0.3 is 0 Å². The number of carbonyl (C=O) groups excluding carboxylic acids is 1. The van der Waals surface area contributed by atoms with Crippen LogP contribution in [0.4, 0.5) is 5.69 Å². The van der Waals surface area contributed by atoms with Crippen molar-refractivity contribution in [2.75, 3.05) is 19.0 Å². The molecule has 1 aromatic rings. The molecule has 2 N–H and O–H groups in total. The van der Waals surface area contributed by atoms with Crippen molar-refractivity contribution in [2.24, 2.45) is 5.92 Å². The van der Waals surface area contributed by atoms with Crippen LogP contribution in [0.15, 0.2) is 18.2 Å². The third-order valence-electron chi connectivity index (χ3n) is 2.61. The molecule has 0 fully saturated rings. The van der Waals surface area contributed by atoms with E-state index < -0.39 is 0 Å². The van der Waals surface area contributed by atoms with Crippen molar-refractivity contribution in [3.05, 3.63) is 23.2 Å². The van der Waals surface area contributed by atoms with E-state index in [1.54, 1.807) is 19.2 Å². The molecule has 0 bridgehead atoms. The first-order valence-electron chi connectivity index (χ1n) is 6.31. The lowest BCUT2D eigenvalue weighted by Crippen LogP contribution is -2.39. The topological polar surface area (TPSA) is 50.4 Å². The molecular formula is C14H21ClN2O2. The minimum atomic E-state index is -0.315. The second kappa shape index (κ2) is 7.24. The van der Waals surface area contributed by atoms with Crippen LogP contribution >= 0.6 is 11.6 Å². The second-order valence-electron chi connectivity index (χ2n) is 4.85. The van der Waals surface area contributed by atoms with E-state index >= 15 is 0 Å². The van der Waals surface area contributed by atoms with Gasteiger partial charge in [-0.3, -0.25) is 4.79 Å². The average molecular weight is 285 g/mol. The zero-order valence-corrected chi connectivity index (χ0v) is 12.5. The van der Waals surface area contributed by atoms with Crippen molar-refractivity contribution in [1.29, 1.82) is 0 Å². The predicted molar refractivity (Wildman–Crippen MR) is 78.9 cm³/mol. The Labute approximate surface area is 119 Å². The van der Waals surface area contributed by atoms with E-state index in [-0.39, 0.29) is 11.9 Å². The van der Waals surface area contributed by atoms with Gasteiger partial charge in [0.2, 0.25) is 5.91 Å². The molecule has 0 spiro atoms. The predicted octanol–water partition coefficient (Wildman–Crippen LogP) is 2.92. The van der Waals surface area contributed by atoms with Crippen LogP contribution < -0.4 is 15.4 Å². The Morgan fingerprint density at radius 3 is 2.63 bits per heavy atom. The molecule has 0 saturated heterocycles. The van der Waals surface area contributed by atoms with Gasteiger partial charge in [0.15, 0.2) is 0 Å². The van der Waals surface area contributed by atoms with E-state index in [0.717, 1.165) is 5.69 Å². The average Bonchev–Trinajstić information content (AvgIpc) is 2.37. The molecule has 5 heteroatoms. The first-order valence-corrected chi connectivity index (χ1v) is 6.69. The molecule has 1 amide bonds. The number of halogens is 1. The number of ether oxygens (including phenoxy) is 1. The Hall–Kier alpha value is -1.42. The summed E-state index contributed by atoms with van der Waals surface area (Å²) in [6.07, 6.45) is 0. The van der Waals surface area contributed by atoms with Crippen molar-refractivity contribution < 1.29 is 9.53 Å². The van der Waals surface area contributed by atoms with Gasteiger partial charge in [0, 0.05) is 18.3 Å². The maximum absolute atomic E-state index is 11.8. The minimum absolute atomic E-state index is 0.0254. The number of rotatable bonds is 6. The number of benzene rings is 1. The maximum Gasteiger partial charge on any atom is 0.242 e. The Morgan fingerprint density at radius 1 is 1.37 bits per heavy atom. The molecule has 0 aliphatic heterocycles. The Balaban J connectivity index is 2.61. The summed E-state index contributed by atoms with van der Waals surface area (Å²) in [6.45, 7) is 6.61. The second-order valence-corrected chi connectivity index (χ2v) is 5.26. The van der Waals surface area contributed by atoms with Crippen LogP contribution in [0.25, 0.3) is 0 Å². The number of methoxy groups -OCH3 is 1. The summed E-state index contributed by atoms with van der Waals surface area (Å²) in [4.78, 5) is 11.8. The fourth-order valence-electron chi connectivity index (χ4n) is 1.52. The quantitative estimate of drug-likeness (QED) is 0.844. The van der Waals surface area contributed by atoms with Gasteiger partial charge in [0.05, 0.1) is 12.1 Å². The fraction of sp³-hybridized carbons (Fsp3) is 0.500. The zero-order chi connectivity index (χ0) is 14.4. The van der Waals surface area contributed by atoms with E-state index in [1.807, 2.05) is 13.0 Å². The summed E-state index contributed by atoms with van der Waals surface area (Å²) in [5.41, 5.74) is 0.799. The first-order chi connectivity index (χ1) is 8.93. The lowest BCUT2D eigenvalue weighted by molar-refractivity contribution is -0.121. The molecule has 0 radical (unpaired) electrons. The van der Waals surface area contributed by atoms with Crippen molar-refractivity contribution >= 4 is 23.2 Å². The van der Waals surface area contributed by atoms with Crippen molar-refractivity contribution in [2.45, 2.75) is 26.8 Å². The summed E-state index contributed by atoms with van der Waals surface area (Å²) in [5.74, 6) is 0.996. The first kappa shape index (κ1) is 15.6. The number of hydrogen-bond acceptors (Lipinski definition) is 3. The van der Waals surface area contributed by atoms with Crippen LogP contribution in [0.5, 0.6) is 5.75 Å². The van der Waals surface area contributed by atoms with Crippen LogP contribution in [-0.2, 0) is 4.79 Å². The normalized spacial score (nSPS) is 12.1. The lowest BCUT2D eigenvalue weighted by Gasteiger charge is -2.17. The van der Waals surface area contributed by atoms with Gasteiger partial charge in [-0.25, -0.2) is 0 Å². The summed E-state index contributed by atoms with van der Waals surface area (Å²) in [7, 11) is 1.56. The third-order valence-corrected chi connectivity index (χ3v) is 2.92. The molecule has 0 aromatic heterocycles. The van der Waals surface area contributed by atoms with Gasteiger partial charge < -0.3 is 15.4 Å². The largest absolute Gasteiger partial charge is 0.495 e. The van der Waals surface area contributed by atoms with E-state index in [1.165, 1.54) is 0 Å². The van der Waals surface area contributed by atoms with Crippen molar-refractivity contribution in [3.63, 3.8) is 0 Å². The molecule has 4 nitrogen and oxygen atoms in total. The third kappa shape index (κ3) is 4.99. The van der Waals surface area contributed by atoms with E-state index in [0.29, 0.717) is 23.2 Å². The maximum atomic E-state index is 11.8. The monoisotopic (exact) mass is 284 g/mol. The van der Waals surface area contributed by atoms with Gasteiger partial charge in [0.1, 0.15) is 11.8 Å². The molecule has 0 saturated carbocycles. The molecule has 0 heterocycles.